The van der Waals surface area contributed by atoms with Gasteiger partial charge >= 0.3 is 0 Å². The minimum Gasteiger partial charge on any atom is -0.0985 e. The van der Waals surface area contributed by atoms with Crippen molar-refractivity contribution in [1.82, 2.24) is 0 Å². The Balaban J connectivity index is 0.000000218. The van der Waals surface area contributed by atoms with Crippen molar-refractivity contribution in [3.05, 3.63) is 229 Å². The van der Waals surface area contributed by atoms with Gasteiger partial charge in [0.2, 0.25) is 0 Å². The summed E-state index contributed by atoms with van der Waals surface area (Å²) in [7, 11) is 0. The van der Waals surface area contributed by atoms with Gasteiger partial charge in [0.25, 0.3) is 0 Å². The summed E-state index contributed by atoms with van der Waals surface area (Å²) in [6, 6.07) is 62.1. The molecule has 6 rings (SSSR count). The molecule has 0 amide bonds. The van der Waals surface area contributed by atoms with Crippen LogP contribution in [0.5, 0.6) is 0 Å². The van der Waals surface area contributed by atoms with Gasteiger partial charge in [-0.15, -0.1) is 0 Å². The topological polar surface area (TPSA) is 0 Å². The van der Waals surface area contributed by atoms with Crippen LogP contribution in [-0.4, -0.2) is 0 Å². The highest BCUT2D eigenvalue weighted by Gasteiger charge is 2.04. The van der Waals surface area contributed by atoms with Crippen LogP contribution in [0.25, 0.3) is 11.6 Å². The minimum atomic E-state index is 0.640. The first-order chi connectivity index (χ1) is 23.4. The van der Waals surface area contributed by atoms with Gasteiger partial charge in [0.15, 0.2) is 5.57 Å². The number of hydrogen-bond donors (Lipinski definition) is 0. The molecule has 0 aromatic heterocycles. The number of benzene rings is 6. The average Bonchev–Trinajstić information content (AvgIpc) is 3.17. The second kappa shape index (κ2) is 24.9. The van der Waals surface area contributed by atoms with Gasteiger partial charge in [-0.05, 0) is 66.5 Å². The van der Waals surface area contributed by atoms with Crippen LogP contribution in [0.15, 0.2) is 189 Å². The molecule has 6 aromatic rings. The average molecular weight is 630 g/mol. The van der Waals surface area contributed by atoms with E-state index in [0.717, 1.165) is 24.0 Å². The quantitative estimate of drug-likeness (QED) is 0.154. The molecule has 6 aromatic carbocycles. The van der Waals surface area contributed by atoms with Gasteiger partial charge in [-0.1, -0.05) is 190 Å². The van der Waals surface area contributed by atoms with Crippen molar-refractivity contribution in [2.75, 3.05) is 0 Å². The van der Waals surface area contributed by atoms with Gasteiger partial charge < -0.3 is 0 Å². The smallest absolute Gasteiger partial charge is 0.0985 e. The molecule has 0 saturated heterocycles. The van der Waals surface area contributed by atoms with Crippen molar-refractivity contribution >= 4 is 11.6 Å². The Kier molecular flexibility index (Phi) is 20.2. The molecule has 0 heteroatoms. The Morgan fingerprint density at radius 3 is 1.31 bits per heavy atom. The fourth-order valence-electron chi connectivity index (χ4n) is 4.51. The Morgan fingerprint density at radius 1 is 0.583 bits per heavy atom. The Labute approximate surface area is 292 Å². The predicted octanol–water partition coefficient (Wildman–Crippen LogP) is 13.5. The minimum absolute atomic E-state index is 0.640. The van der Waals surface area contributed by atoms with Crippen LogP contribution in [-0.2, 0) is 12.8 Å². The molecule has 0 saturated carbocycles. The van der Waals surface area contributed by atoms with Crippen LogP contribution in [0.4, 0.5) is 0 Å². The zero-order valence-electron chi connectivity index (χ0n) is 29.4. The van der Waals surface area contributed by atoms with E-state index in [4.69, 9.17) is 6.58 Å². The number of rotatable bonds is 7. The highest BCUT2D eigenvalue weighted by Crippen LogP contribution is 2.20. The van der Waals surface area contributed by atoms with Gasteiger partial charge in [0.1, 0.15) is 5.56 Å². The predicted molar refractivity (Wildman–Crippen MR) is 213 cm³/mol. The maximum absolute atomic E-state index is 5.53. The molecule has 1 atom stereocenters. The van der Waals surface area contributed by atoms with Crippen LogP contribution < -0.4 is 0 Å². The van der Waals surface area contributed by atoms with Gasteiger partial charge in [-0.2, -0.15) is 0 Å². The summed E-state index contributed by atoms with van der Waals surface area (Å²) >= 11 is 0. The van der Waals surface area contributed by atoms with E-state index in [1.165, 1.54) is 34.2 Å². The first-order valence-electron chi connectivity index (χ1n) is 16.9. The molecule has 0 bridgehead atoms. The number of hydrogen-bond acceptors (Lipinski definition) is 0. The van der Waals surface area contributed by atoms with Crippen molar-refractivity contribution in [3.8, 4) is 0 Å². The third-order valence-electron chi connectivity index (χ3n) is 7.53. The molecule has 0 nitrogen and oxygen atoms in total. The van der Waals surface area contributed by atoms with Gasteiger partial charge in [0.05, 0.1) is 6.58 Å². The van der Waals surface area contributed by atoms with E-state index in [9.17, 15) is 0 Å². The standard InChI is InChI=1S/C16H18.C9H9.C8H10.C8H8.C7H8/c1-14(16-10-6-3-7-11-16)12-13-15-8-4-2-5-9-15;1-8(2)9-6-4-3-5-7-9;2*1-2-8-6-4-3-5-7-8;1-7-5-3-2-4-6-7/h2-11,14H,12-13H2,1H3;1,3-7H,2H3;3-7H,2H2,1H3;2-7H,1H2;2-6H,1H3/q;+1;;;. The lowest BCUT2D eigenvalue weighted by molar-refractivity contribution is 0.679. The summed E-state index contributed by atoms with van der Waals surface area (Å²) in [4.78, 5) is 0. The first kappa shape index (κ1) is 38.9. The Morgan fingerprint density at radius 2 is 0.979 bits per heavy atom. The fourth-order valence-corrected chi connectivity index (χ4v) is 4.51. The molecule has 0 heterocycles. The van der Waals surface area contributed by atoms with Crippen molar-refractivity contribution in [1.29, 1.82) is 0 Å². The molecule has 0 radical (unpaired) electrons. The molecular formula is C48H53+. The van der Waals surface area contributed by atoms with E-state index in [2.05, 4.69) is 124 Å². The molecule has 0 fully saturated rings. The van der Waals surface area contributed by atoms with Gasteiger partial charge in [0, 0.05) is 19.1 Å². The van der Waals surface area contributed by atoms with E-state index in [0.29, 0.717) is 5.92 Å². The Bertz CT molecular complexity index is 1610. The summed E-state index contributed by atoms with van der Waals surface area (Å²) < 4.78 is 0. The summed E-state index contributed by atoms with van der Waals surface area (Å²) in [5, 5.41) is 0. The summed E-state index contributed by atoms with van der Waals surface area (Å²) in [6.07, 6.45) is 5.35. The van der Waals surface area contributed by atoms with Crippen LogP contribution in [0.1, 0.15) is 66.5 Å². The van der Waals surface area contributed by atoms with Crippen molar-refractivity contribution in [2.45, 2.75) is 52.9 Å². The second-order valence-corrected chi connectivity index (χ2v) is 11.5. The third kappa shape index (κ3) is 18.0. The van der Waals surface area contributed by atoms with E-state index < -0.39 is 0 Å². The molecular weight excluding hydrogens is 577 g/mol. The monoisotopic (exact) mass is 629 g/mol. The fraction of sp³-hybridized carbons (Fsp3) is 0.167. The maximum Gasteiger partial charge on any atom is 0.168 e. The summed E-state index contributed by atoms with van der Waals surface area (Å²) in [5.74, 6) is 0.640. The lowest BCUT2D eigenvalue weighted by atomic mass is 9.94. The largest absolute Gasteiger partial charge is 0.168 e. The molecule has 0 aliphatic carbocycles. The molecule has 1 unspecified atom stereocenters. The molecule has 0 aliphatic rings. The molecule has 0 spiro atoms. The van der Waals surface area contributed by atoms with Crippen molar-refractivity contribution in [2.24, 2.45) is 0 Å². The Hall–Kier alpha value is -5.29. The molecule has 0 aliphatic heterocycles. The van der Waals surface area contributed by atoms with Gasteiger partial charge in [-0.3, -0.25) is 0 Å². The van der Waals surface area contributed by atoms with Crippen LogP contribution in [0.3, 0.4) is 0 Å². The molecule has 0 N–H and O–H groups in total. The highest BCUT2D eigenvalue weighted by molar-refractivity contribution is 5.59. The zero-order valence-corrected chi connectivity index (χ0v) is 29.4. The van der Waals surface area contributed by atoms with Crippen molar-refractivity contribution < 1.29 is 0 Å². The lowest BCUT2D eigenvalue weighted by Crippen LogP contribution is -1.95. The first-order valence-corrected chi connectivity index (χ1v) is 16.9. The van der Waals surface area contributed by atoms with Crippen LogP contribution in [0, 0.1) is 13.5 Å². The summed E-state index contributed by atoms with van der Waals surface area (Å²) in [5.41, 5.74) is 8.76. The maximum atomic E-state index is 5.53. The van der Waals surface area contributed by atoms with E-state index in [1.807, 2.05) is 97.9 Å². The van der Waals surface area contributed by atoms with Crippen LogP contribution >= 0.6 is 0 Å². The van der Waals surface area contributed by atoms with E-state index in [1.54, 1.807) is 0 Å². The second-order valence-electron chi connectivity index (χ2n) is 11.5. The van der Waals surface area contributed by atoms with Crippen molar-refractivity contribution in [3.63, 3.8) is 0 Å². The highest BCUT2D eigenvalue weighted by atomic mass is 14.1. The zero-order chi connectivity index (χ0) is 34.7. The molecule has 244 valence electrons. The SMILES string of the molecule is C=Cc1ccccc1.CC(CCc1ccccc1)c1ccccc1.CCc1ccccc1.Cc1ccccc1.[CH+]=C(C)c1ccccc1. The molecule has 48 heavy (non-hydrogen) atoms. The van der Waals surface area contributed by atoms with E-state index >= 15 is 0 Å². The summed E-state index contributed by atoms with van der Waals surface area (Å²) in [6.45, 7) is 17.6. The normalized spacial score (nSPS) is 9.98. The lowest BCUT2D eigenvalue weighted by Gasteiger charge is -2.11. The van der Waals surface area contributed by atoms with E-state index in [-0.39, 0.29) is 0 Å². The number of aryl methyl sites for hydroxylation is 3. The van der Waals surface area contributed by atoms with Gasteiger partial charge in [-0.25, -0.2) is 0 Å². The third-order valence-corrected chi connectivity index (χ3v) is 7.53. The number of allylic oxidation sites excluding steroid dienone is 1. The van der Waals surface area contributed by atoms with Crippen LogP contribution in [0.2, 0.25) is 0 Å².